The fraction of sp³-hybridized carbons (Fsp3) is 0.600. The lowest BCUT2D eigenvalue weighted by molar-refractivity contribution is -0.0270. The second kappa shape index (κ2) is 5.25. The van der Waals surface area contributed by atoms with Crippen LogP contribution in [0.2, 0.25) is 0 Å². The molecule has 3 rings (SSSR count). The van der Waals surface area contributed by atoms with E-state index in [0.717, 1.165) is 17.7 Å². The largest absolute Gasteiger partial charge is 0.399 e. The van der Waals surface area contributed by atoms with E-state index in [1.54, 1.807) is 12.1 Å². The van der Waals surface area contributed by atoms with Crippen molar-refractivity contribution < 1.29 is 8.95 Å². The van der Waals surface area contributed by atoms with Gasteiger partial charge in [-0.25, -0.2) is 0 Å². The maximum Gasteiger partial charge on any atom is 0.0702 e. The molecule has 0 aromatic heterocycles. The van der Waals surface area contributed by atoms with Crippen molar-refractivity contribution in [1.29, 1.82) is 0 Å². The van der Waals surface area contributed by atoms with E-state index in [4.69, 9.17) is 10.5 Å². The van der Waals surface area contributed by atoms with Crippen molar-refractivity contribution in [3.63, 3.8) is 0 Å². The van der Waals surface area contributed by atoms with E-state index in [0.29, 0.717) is 11.4 Å². The van der Waals surface area contributed by atoms with Crippen molar-refractivity contribution in [2.45, 2.75) is 55.1 Å². The lowest BCUT2D eigenvalue weighted by atomic mass is 9.98. The van der Waals surface area contributed by atoms with Gasteiger partial charge < -0.3 is 10.5 Å². The van der Waals surface area contributed by atoms with Gasteiger partial charge in [0.1, 0.15) is 0 Å². The van der Waals surface area contributed by atoms with Crippen molar-refractivity contribution in [2.75, 3.05) is 11.5 Å². The van der Waals surface area contributed by atoms with Crippen molar-refractivity contribution in [2.24, 2.45) is 0 Å². The van der Waals surface area contributed by atoms with Crippen molar-refractivity contribution in [1.82, 2.24) is 0 Å². The van der Waals surface area contributed by atoms with Crippen LogP contribution >= 0.6 is 0 Å². The minimum Gasteiger partial charge on any atom is -0.399 e. The fourth-order valence-corrected chi connectivity index (χ4v) is 4.49. The molecule has 2 aliphatic rings. The number of nitrogen functional groups attached to an aromatic ring is 1. The van der Waals surface area contributed by atoms with Crippen molar-refractivity contribution in [3.8, 4) is 0 Å². The average molecular weight is 279 g/mol. The molecule has 19 heavy (non-hydrogen) atoms. The van der Waals surface area contributed by atoms with Crippen LogP contribution in [0.5, 0.6) is 0 Å². The summed E-state index contributed by atoms with van der Waals surface area (Å²) in [6.07, 6.45) is 7.32. The zero-order valence-electron chi connectivity index (χ0n) is 11.1. The molecule has 1 aliphatic carbocycles. The van der Waals surface area contributed by atoms with Crippen LogP contribution in [0.1, 0.15) is 38.5 Å². The molecule has 0 amide bonds. The van der Waals surface area contributed by atoms with Gasteiger partial charge in [-0.1, -0.05) is 12.8 Å². The van der Waals surface area contributed by atoms with E-state index >= 15 is 0 Å². The summed E-state index contributed by atoms with van der Waals surface area (Å²) >= 11 is 0. The smallest absolute Gasteiger partial charge is 0.0702 e. The van der Waals surface area contributed by atoms with E-state index in [9.17, 15) is 4.21 Å². The SMILES string of the molecule is Nc1ccc(S(=O)CC2CCC3(CCCC3)O2)cc1. The molecular weight excluding hydrogens is 258 g/mol. The number of hydrogen-bond acceptors (Lipinski definition) is 3. The third-order valence-corrected chi connectivity index (χ3v) is 5.81. The van der Waals surface area contributed by atoms with Gasteiger partial charge in [-0.3, -0.25) is 4.21 Å². The standard InChI is InChI=1S/C15H21NO2S/c16-12-3-5-14(6-4-12)19(17)11-13-7-10-15(18-13)8-1-2-9-15/h3-6,13H,1-2,7-11,16H2. The van der Waals surface area contributed by atoms with Crippen LogP contribution in [-0.4, -0.2) is 21.7 Å². The van der Waals surface area contributed by atoms with Gasteiger partial charge in [-0.2, -0.15) is 0 Å². The molecule has 1 aromatic rings. The second-order valence-corrected chi connectivity index (χ2v) is 7.25. The summed E-state index contributed by atoms with van der Waals surface area (Å²) in [5, 5.41) is 0. The first-order chi connectivity index (χ1) is 9.17. The van der Waals surface area contributed by atoms with Crippen LogP contribution < -0.4 is 5.73 Å². The van der Waals surface area contributed by atoms with E-state index in [1.165, 1.54) is 25.7 Å². The molecule has 2 fully saturated rings. The van der Waals surface area contributed by atoms with Crippen molar-refractivity contribution in [3.05, 3.63) is 24.3 Å². The molecule has 1 aliphatic heterocycles. The van der Waals surface area contributed by atoms with Crippen LogP contribution in [-0.2, 0) is 15.5 Å². The van der Waals surface area contributed by atoms with Gasteiger partial charge in [0.15, 0.2) is 0 Å². The zero-order chi connectivity index (χ0) is 13.3. The third-order valence-electron chi connectivity index (χ3n) is 4.33. The Morgan fingerprint density at radius 3 is 2.58 bits per heavy atom. The molecule has 104 valence electrons. The highest BCUT2D eigenvalue weighted by Crippen LogP contribution is 2.43. The third kappa shape index (κ3) is 2.84. The first-order valence-electron chi connectivity index (χ1n) is 7.09. The Kier molecular flexibility index (Phi) is 3.63. The molecule has 1 heterocycles. The summed E-state index contributed by atoms with van der Waals surface area (Å²) in [5.41, 5.74) is 6.49. The number of nitrogens with two attached hydrogens (primary N) is 1. The summed E-state index contributed by atoms with van der Waals surface area (Å²) in [4.78, 5) is 0.852. The Hall–Kier alpha value is -0.870. The van der Waals surface area contributed by atoms with Crippen LogP contribution in [0.25, 0.3) is 0 Å². The van der Waals surface area contributed by atoms with Crippen LogP contribution in [0.3, 0.4) is 0 Å². The maximum atomic E-state index is 12.3. The minimum atomic E-state index is -0.979. The van der Waals surface area contributed by atoms with Gasteiger partial charge in [0.05, 0.1) is 28.3 Å². The fourth-order valence-electron chi connectivity index (χ4n) is 3.28. The second-order valence-electron chi connectivity index (χ2n) is 5.75. The lowest BCUT2D eigenvalue weighted by Crippen LogP contribution is -2.27. The summed E-state index contributed by atoms with van der Waals surface area (Å²) in [7, 11) is -0.979. The predicted molar refractivity (Wildman–Crippen MR) is 77.4 cm³/mol. The van der Waals surface area contributed by atoms with Crippen LogP contribution in [0.15, 0.2) is 29.2 Å². The first kappa shape index (κ1) is 13.1. The molecule has 1 spiro atoms. The number of ether oxygens (including phenoxy) is 1. The quantitative estimate of drug-likeness (QED) is 0.866. The molecule has 4 heteroatoms. The highest BCUT2D eigenvalue weighted by atomic mass is 32.2. The lowest BCUT2D eigenvalue weighted by Gasteiger charge is -2.23. The van der Waals surface area contributed by atoms with Gasteiger partial charge >= 0.3 is 0 Å². The minimum absolute atomic E-state index is 0.135. The summed E-state index contributed by atoms with van der Waals surface area (Å²) in [5.74, 6) is 0.617. The van der Waals surface area contributed by atoms with Gasteiger partial charge in [0, 0.05) is 10.6 Å². The van der Waals surface area contributed by atoms with Gasteiger partial charge in [0.25, 0.3) is 0 Å². The molecule has 3 nitrogen and oxygen atoms in total. The van der Waals surface area contributed by atoms with E-state index in [1.807, 2.05) is 12.1 Å². The molecule has 1 saturated carbocycles. The maximum absolute atomic E-state index is 12.3. The summed E-state index contributed by atoms with van der Waals surface area (Å²) in [6, 6.07) is 7.32. The number of benzene rings is 1. The molecular formula is C15H21NO2S. The molecule has 1 saturated heterocycles. The van der Waals surface area contributed by atoms with E-state index in [2.05, 4.69) is 0 Å². The Morgan fingerprint density at radius 1 is 1.21 bits per heavy atom. The average Bonchev–Trinajstić information content (AvgIpc) is 3.01. The Balaban J connectivity index is 1.60. The van der Waals surface area contributed by atoms with Gasteiger partial charge in [0.2, 0.25) is 0 Å². The number of hydrogen-bond donors (Lipinski definition) is 1. The van der Waals surface area contributed by atoms with E-state index < -0.39 is 10.8 Å². The highest BCUT2D eigenvalue weighted by Gasteiger charge is 2.42. The Morgan fingerprint density at radius 2 is 1.89 bits per heavy atom. The van der Waals surface area contributed by atoms with Crippen LogP contribution in [0.4, 0.5) is 5.69 Å². The first-order valence-corrected chi connectivity index (χ1v) is 8.41. The van der Waals surface area contributed by atoms with Crippen LogP contribution in [0, 0.1) is 0 Å². The van der Waals surface area contributed by atoms with Crippen molar-refractivity contribution >= 4 is 16.5 Å². The molecule has 2 unspecified atom stereocenters. The topological polar surface area (TPSA) is 52.3 Å². The molecule has 0 radical (unpaired) electrons. The Labute approximate surface area is 117 Å². The summed E-state index contributed by atoms with van der Waals surface area (Å²) in [6.45, 7) is 0. The Bertz CT molecular complexity index is 466. The number of anilines is 1. The highest BCUT2D eigenvalue weighted by molar-refractivity contribution is 7.85. The predicted octanol–water partition coefficient (Wildman–Crippen LogP) is 2.87. The van der Waals surface area contributed by atoms with E-state index in [-0.39, 0.29) is 11.7 Å². The van der Waals surface area contributed by atoms with Gasteiger partial charge in [-0.15, -0.1) is 0 Å². The normalized spacial score (nSPS) is 26.8. The number of rotatable bonds is 3. The monoisotopic (exact) mass is 279 g/mol. The zero-order valence-corrected chi connectivity index (χ0v) is 12.0. The molecule has 1 aromatic carbocycles. The van der Waals surface area contributed by atoms with Gasteiger partial charge in [-0.05, 0) is 49.9 Å². The molecule has 2 atom stereocenters. The molecule has 2 N–H and O–H groups in total. The summed E-state index contributed by atoms with van der Waals surface area (Å²) < 4.78 is 18.5. The molecule has 0 bridgehead atoms.